The number of hydrogen-bond donors (Lipinski definition) is 0. The molecule has 1 aliphatic rings. The van der Waals surface area contributed by atoms with Gasteiger partial charge in [-0.1, -0.05) is 20.8 Å². The summed E-state index contributed by atoms with van der Waals surface area (Å²) in [5.41, 5.74) is 0.719. The minimum absolute atomic E-state index is 0.0571. The summed E-state index contributed by atoms with van der Waals surface area (Å²) in [6.07, 6.45) is 2.09. The summed E-state index contributed by atoms with van der Waals surface area (Å²) < 4.78 is 5.42. The zero-order valence-electron chi connectivity index (χ0n) is 13.1. The van der Waals surface area contributed by atoms with Gasteiger partial charge in [-0.15, -0.1) is 0 Å². The zero-order chi connectivity index (χ0) is 15.1. The molecule has 0 saturated heterocycles. The number of ketones is 2. The van der Waals surface area contributed by atoms with Gasteiger partial charge in [0.05, 0.1) is 11.5 Å². The molecule has 20 heavy (non-hydrogen) atoms. The molecule has 0 spiro atoms. The summed E-state index contributed by atoms with van der Waals surface area (Å²) in [7, 11) is 0. The second kappa shape index (κ2) is 5.19. The van der Waals surface area contributed by atoms with Crippen molar-refractivity contribution >= 4 is 11.6 Å². The number of carbonyl (C=O) groups excluding carboxylic acids is 2. The van der Waals surface area contributed by atoms with E-state index in [2.05, 4.69) is 20.8 Å². The summed E-state index contributed by atoms with van der Waals surface area (Å²) in [6.45, 7) is 10.2. The lowest BCUT2D eigenvalue weighted by atomic mass is 9.67. The van der Waals surface area contributed by atoms with Crippen LogP contribution in [0.25, 0.3) is 0 Å². The van der Waals surface area contributed by atoms with E-state index in [-0.39, 0.29) is 17.0 Å². The van der Waals surface area contributed by atoms with E-state index in [1.165, 1.54) is 0 Å². The minimum Gasteiger partial charge on any atom is -0.466 e. The van der Waals surface area contributed by atoms with Crippen LogP contribution in [-0.2, 0) is 4.79 Å². The van der Waals surface area contributed by atoms with Crippen molar-refractivity contribution in [2.75, 3.05) is 0 Å². The van der Waals surface area contributed by atoms with E-state index in [4.69, 9.17) is 4.42 Å². The van der Waals surface area contributed by atoms with Gasteiger partial charge < -0.3 is 4.42 Å². The summed E-state index contributed by atoms with van der Waals surface area (Å²) in [4.78, 5) is 24.8. The van der Waals surface area contributed by atoms with E-state index in [0.717, 1.165) is 12.2 Å². The van der Waals surface area contributed by atoms with E-state index >= 15 is 0 Å². The van der Waals surface area contributed by atoms with Crippen molar-refractivity contribution in [3.05, 3.63) is 23.2 Å². The third-order valence-electron chi connectivity index (χ3n) is 4.50. The first kappa shape index (κ1) is 15.0. The maximum atomic E-state index is 12.6. The molecule has 3 nitrogen and oxygen atoms in total. The molecule has 0 aromatic carbocycles. The maximum absolute atomic E-state index is 12.6. The normalized spacial score (nSPS) is 23.9. The Morgan fingerprint density at radius 2 is 1.95 bits per heavy atom. The van der Waals surface area contributed by atoms with Gasteiger partial charge >= 0.3 is 0 Å². The Kier molecular flexibility index (Phi) is 3.90. The molecule has 1 saturated carbocycles. The molecule has 1 fully saturated rings. The first-order chi connectivity index (χ1) is 9.20. The molecule has 2 atom stereocenters. The summed E-state index contributed by atoms with van der Waals surface area (Å²) in [5.74, 6) is 1.32. The molecule has 1 aromatic heterocycles. The van der Waals surface area contributed by atoms with E-state index in [1.807, 2.05) is 6.92 Å². The third-order valence-corrected chi connectivity index (χ3v) is 4.50. The second-order valence-electron chi connectivity index (χ2n) is 7.05. The molecule has 0 radical (unpaired) electrons. The predicted octanol–water partition coefficient (Wildman–Crippen LogP) is 4.11. The van der Waals surface area contributed by atoms with Crippen molar-refractivity contribution in [1.82, 2.24) is 0 Å². The highest BCUT2D eigenvalue weighted by atomic mass is 16.3. The molecule has 0 aliphatic heterocycles. The largest absolute Gasteiger partial charge is 0.466 e. The molecule has 1 aromatic rings. The van der Waals surface area contributed by atoms with Crippen LogP contribution in [0.4, 0.5) is 0 Å². The number of Topliss-reactive ketones (excluding diaryl/α,β-unsaturated/α-hetero) is 2. The summed E-state index contributed by atoms with van der Waals surface area (Å²) in [6, 6.07) is 1.76. The monoisotopic (exact) mass is 276 g/mol. The van der Waals surface area contributed by atoms with Gasteiger partial charge in [0.25, 0.3) is 0 Å². The number of rotatable bonds is 2. The number of furan rings is 1. The quantitative estimate of drug-likeness (QED) is 0.603. The molecule has 0 amide bonds. The number of carbonyl (C=O) groups is 2. The smallest absolute Gasteiger partial charge is 0.176 e. The number of hydrogen-bond acceptors (Lipinski definition) is 3. The van der Waals surface area contributed by atoms with Gasteiger partial charge in [0.2, 0.25) is 0 Å². The van der Waals surface area contributed by atoms with Crippen LogP contribution in [0.3, 0.4) is 0 Å². The topological polar surface area (TPSA) is 47.3 Å². The van der Waals surface area contributed by atoms with Gasteiger partial charge in [-0.2, -0.15) is 0 Å². The first-order valence-electron chi connectivity index (χ1n) is 7.34. The Morgan fingerprint density at radius 1 is 1.30 bits per heavy atom. The fourth-order valence-electron chi connectivity index (χ4n) is 3.13. The Labute approximate surface area is 120 Å². The molecular weight excluding hydrogens is 252 g/mol. The molecule has 0 bridgehead atoms. The van der Waals surface area contributed by atoms with Crippen molar-refractivity contribution < 1.29 is 14.0 Å². The van der Waals surface area contributed by atoms with Crippen LogP contribution in [0.1, 0.15) is 61.9 Å². The second-order valence-corrected chi connectivity index (χ2v) is 7.05. The van der Waals surface area contributed by atoms with Crippen LogP contribution in [0.15, 0.2) is 10.5 Å². The van der Waals surface area contributed by atoms with Gasteiger partial charge in [0, 0.05) is 6.42 Å². The highest BCUT2D eigenvalue weighted by Crippen LogP contribution is 2.40. The Bertz CT molecular complexity index is 531. The molecular formula is C17H24O3. The fourth-order valence-corrected chi connectivity index (χ4v) is 3.13. The fraction of sp³-hybridized carbons (Fsp3) is 0.647. The average molecular weight is 276 g/mol. The zero-order valence-corrected chi connectivity index (χ0v) is 13.1. The Balaban J connectivity index is 2.24. The maximum Gasteiger partial charge on any atom is 0.176 e. The third kappa shape index (κ3) is 2.87. The Hall–Kier alpha value is -1.38. The highest BCUT2D eigenvalue weighted by Gasteiger charge is 2.39. The molecule has 1 aliphatic carbocycles. The van der Waals surface area contributed by atoms with Crippen LogP contribution >= 0.6 is 0 Å². The summed E-state index contributed by atoms with van der Waals surface area (Å²) >= 11 is 0. The van der Waals surface area contributed by atoms with E-state index in [9.17, 15) is 9.59 Å². The lowest BCUT2D eigenvalue weighted by molar-refractivity contribution is -0.124. The van der Waals surface area contributed by atoms with Gasteiger partial charge in [0.15, 0.2) is 5.78 Å². The molecule has 0 N–H and O–H groups in total. The molecule has 1 heterocycles. The van der Waals surface area contributed by atoms with Crippen molar-refractivity contribution in [1.29, 1.82) is 0 Å². The minimum atomic E-state index is -0.483. The van der Waals surface area contributed by atoms with E-state index in [0.29, 0.717) is 30.1 Å². The molecule has 3 heteroatoms. The van der Waals surface area contributed by atoms with Crippen LogP contribution in [-0.4, -0.2) is 11.6 Å². The standard InChI is InChI=1S/C17H24O3/c1-10-8-13(11(2)20-10)16(19)14-9-12(17(3,4)5)6-7-15(14)18/h8,12,14H,6-7,9H2,1-5H3. The Morgan fingerprint density at radius 3 is 2.45 bits per heavy atom. The van der Waals surface area contributed by atoms with Crippen LogP contribution in [0.5, 0.6) is 0 Å². The van der Waals surface area contributed by atoms with Crippen molar-refractivity contribution in [2.45, 2.75) is 53.9 Å². The van der Waals surface area contributed by atoms with Crippen molar-refractivity contribution in [3.63, 3.8) is 0 Å². The highest BCUT2D eigenvalue weighted by molar-refractivity contribution is 6.11. The van der Waals surface area contributed by atoms with Crippen LogP contribution in [0.2, 0.25) is 0 Å². The van der Waals surface area contributed by atoms with Crippen molar-refractivity contribution in [3.8, 4) is 0 Å². The van der Waals surface area contributed by atoms with Gasteiger partial charge in [0.1, 0.15) is 17.3 Å². The summed E-state index contributed by atoms with van der Waals surface area (Å²) in [5, 5.41) is 0. The molecule has 2 unspecified atom stereocenters. The lowest BCUT2D eigenvalue weighted by Gasteiger charge is -2.36. The molecule has 110 valence electrons. The lowest BCUT2D eigenvalue weighted by Crippen LogP contribution is -2.36. The van der Waals surface area contributed by atoms with Crippen molar-refractivity contribution in [2.24, 2.45) is 17.3 Å². The molecule has 2 rings (SSSR count). The first-order valence-corrected chi connectivity index (χ1v) is 7.34. The van der Waals surface area contributed by atoms with Crippen LogP contribution < -0.4 is 0 Å². The average Bonchev–Trinajstić information content (AvgIpc) is 2.66. The van der Waals surface area contributed by atoms with Gasteiger partial charge in [-0.25, -0.2) is 0 Å². The predicted molar refractivity (Wildman–Crippen MR) is 77.8 cm³/mol. The van der Waals surface area contributed by atoms with Gasteiger partial charge in [-0.05, 0) is 44.1 Å². The van der Waals surface area contributed by atoms with Gasteiger partial charge in [-0.3, -0.25) is 9.59 Å². The SMILES string of the molecule is Cc1cc(C(=O)C2CC(C(C)(C)C)CCC2=O)c(C)o1. The van der Waals surface area contributed by atoms with E-state index in [1.54, 1.807) is 13.0 Å². The van der Waals surface area contributed by atoms with E-state index < -0.39 is 5.92 Å². The van der Waals surface area contributed by atoms with Crippen LogP contribution in [0, 0.1) is 31.1 Å². The number of aryl methyl sites for hydroxylation is 2.